The first-order valence-corrected chi connectivity index (χ1v) is 11.7. The van der Waals surface area contributed by atoms with Crippen LogP contribution in [0.15, 0.2) is 35.1 Å². The number of hydrogen-bond donors (Lipinski definition) is 1. The monoisotopic (exact) mass is 480 g/mol. The van der Waals surface area contributed by atoms with Crippen molar-refractivity contribution in [2.45, 2.75) is 26.7 Å². The van der Waals surface area contributed by atoms with Crippen molar-refractivity contribution >= 4 is 34.1 Å². The molecule has 4 aromatic rings. The second-order valence-corrected chi connectivity index (χ2v) is 8.64. The smallest absolute Gasteiger partial charge is 0.348 e. The van der Waals surface area contributed by atoms with Gasteiger partial charge in [0.05, 0.1) is 29.9 Å². The second-order valence-electron chi connectivity index (χ2n) is 7.56. The number of methoxy groups -OCH3 is 1. The summed E-state index contributed by atoms with van der Waals surface area (Å²) < 4.78 is 12.0. The Morgan fingerprint density at radius 3 is 2.62 bits per heavy atom. The Hall–Kier alpha value is -3.79. The number of nitrogens with one attached hydrogen (secondary N) is 1. The van der Waals surface area contributed by atoms with Gasteiger partial charge in [-0.15, -0.1) is 11.3 Å². The van der Waals surface area contributed by atoms with E-state index in [1.807, 2.05) is 13.8 Å². The molecule has 3 heterocycles. The molecule has 0 aliphatic carbocycles. The number of rotatable bonds is 8. The summed E-state index contributed by atoms with van der Waals surface area (Å²) in [6, 6.07) is 8.13. The first-order valence-electron chi connectivity index (χ1n) is 10.8. The minimum absolute atomic E-state index is 0.263. The molecule has 0 saturated heterocycles. The van der Waals surface area contributed by atoms with Crippen molar-refractivity contribution in [3.8, 4) is 17.1 Å². The van der Waals surface area contributed by atoms with E-state index < -0.39 is 5.97 Å². The van der Waals surface area contributed by atoms with Gasteiger partial charge in [0, 0.05) is 12.6 Å². The van der Waals surface area contributed by atoms with Gasteiger partial charge in [-0.1, -0.05) is 13.3 Å². The van der Waals surface area contributed by atoms with E-state index in [1.54, 1.807) is 37.4 Å². The summed E-state index contributed by atoms with van der Waals surface area (Å²) >= 11 is 1.06. The van der Waals surface area contributed by atoms with Crippen LogP contribution in [0.4, 0.5) is 0 Å². The lowest BCUT2D eigenvalue weighted by molar-refractivity contribution is 0.0606. The molecule has 4 rings (SSSR count). The van der Waals surface area contributed by atoms with Gasteiger partial charge in [-0.05, 0) is 43.7 Å². The molecule has 0 amide bonds. The number of carbonyl (C=O) groups is 2. The third-order valence-corrected chi connectivity index (χ3v) is 6.33. The molecule has 34 heavy (non-hydrogen) atoms. The zero-order valence-electron chi connectivity index (χ0n) is 19.3. The molecule has 0 bridgehead atoms. The van der Waals surface area contributed by atoms with Gasteiger partial charge in [0.15, 0.2) is 5.52 Å². The lowest BCUT2D eigenvalue weighted by atomic mass is 10.0. The lowest BCUT2D eigenvalue weighted by Gasteiger charge is -2.11. The SMILES string of the molecule is CCCc1nn(C)c2c(=O)[nH]c(-c3cc(C(=O)c4ccc(C(=O)OC)s4)ccc3OCC)nc12. The maximum Gasteiger partial charge on any atom is 0.348 e. The molecule has 0 atom stereocenters. The van der Waals surface area contributed by atoms with E-state index in [4.69, 9.17) is 14.5 Å². The van der Waals surface area contributed by atoms with Crippen molar-refractivity contribution < 1.29 is 19.1 Å². The predicted octanol–water partition coefficient (Wildman–Crippen LogP) is 3.75. The van der Waals surface area contributed by atoms with Crippen LogP contribution in [0.1, 0.15) is 50.9 Å². The van der Waals surface area contributed by atoms with Gasteiger partial charge in [0.2, 0.25) is 5.78 Å². The van der Waals surface area contributed by atoms with Crippen molar-refractivity contribution in [3.05, 3.63) is 61.7 Å². The predicted molar refractivity (Wildman–Crippen MR) is 129 cm³/mol. The number of carbonyl (C=O) groups excluding carboxylic acids is 2. The number of aromatic nitrogens is 4. The van der Waals surface area contributed by atoms with Crippen molar-refractivity contribution in [2.75, 3.05) is 13.7 Å². The summed E-state index contributed by atoms with van der Waals surface area (Å²) in [4.78, 5) is 46.1. The molecule has 10 heteroatoms. The fourth-order valence-electron chi connectivity index (χ4n) is 3.73. The van der Waals surface area contributed by atoms with Crippen molar-refractivity contribution in [3.63, 3.8) is 0 Å². The van der Waals surface area contributed by atoms with Crippen LogP contribution in [0.3, 0.4) is 0 Å². The van der Waals surface area contributed by atoms with Crippen LogP contribution in [0.5, 0.6) is 5.75 Å². The molecule has 1 aromatic carbocycles. The molecular formula is C24H24N4O5S. The topological polar surface area (TPSA) is 116 Å². The number of nitrogens with zero attached hydrogens (tertiary/aromatic N) is 3. The summed E-state index contributed by atoms with van der Waals surface area (Å²) in [5.41, 5.74) is 2.21. The van der Waals surface area contributed by atoms with Crippen LogP contribution in [-0.2, 0) is 18.2 Å². The third kappa shape index (κ3) is 4.24. The van der Waals surface area contributed by atoms with E-state index in [0.29, 0.717) is 56.5 Å². The normalized spacial score (nSPS) is 11.1. The van der Waals surface area contributed by atoms with Gasteiger partial charge < -0.3 is 14.5 Å². The Kier molecular flexibility index (Phi) is 6.60. The Balaban J connectivity index is 1.83. The molecule has 0 aliphatic rings. The Bertz CT molecular complexity index is 1450. The number of fused-ring (bicyclic) bond motifs is 1. The standard InChI is InChI=1S/C24H24N4O5S/c1-5-7-15-19-20(28(3)27-15)23(30)26-22(25-19)14-12-13(8-9-16(14)33-6-2)21(29)17-10-11-18(34-17)24(31)32-4/h8-12H,5-7H2,1-4H3,(H,25,26,30). The highest BCUT2D eigenvalue weighted by atomic mass is 32.1. The van der Waals surface area contributed by atoms with E-state index in [0.717, 1.165) is 23.5 Å². The summed E-state index contributed by atoms with van der Waals surface area (Å²) in [5, 5.41) is 4.46. The lowest BCUT2D eigenvalue weighted by Crippen LogP contribution is -2.13. The molecule has 0 fully saturated rings. The van der Waals surface area contributed by atoms with Crippen LogP contribution in [0.2, 0.25) is 0 Å². The van der Waals surface area contributed by atoms with E-state index in [-0.39, 0.29) is 11.3 Å². The fraction of sp³-hybridized carbons (Fsp3) is 0.292. The molecule has 1 N–H and O–H groups in total. The Morgan fingerprint density at radius 2 is 1.91 bits per heavy atom. The molecule has 0 aliphatic heterocycles. The largest absolute Gasteiger partial charge is 0.493 e. The van der Waals surface area contributed by atoms with Gasteiger partial charge >= 0.3 is 5.97 Å². The molecule has 0 radical (unpaired) electrons. The summed E-state index contributed by atoms with van der Waals surface area (Å²) in [6.07, 6.45) is 1.55. The number of aromatic amines is 1. The number of hydrogen-bond acceptors (Lipinski definition) is 8. The van der Waals surface area contributed by atoms with E-state index in [2.05, 4.69) is 10.1 Å². The minimum Gasteiger partial charge on any atom is -0.493 e. The second kappa shape index (κ2) is 9.60. The van der Waals surface area contributed by atoms with Gasteiger partial charge in [-0.3, -0.25) is 14.3 Å². The quantitative estimate of drug-likeness (QED) is 0.301. The summed E-state index contributed by atoms with van der Waals surface area (Å²) in [7, 11) is 3.01. The summed E-state index contributed by atoms with van der Waals surface area (Å²) in [6.45, 7) is 4.28. The number of thiophene rings is 1. The molecule has 0 unspecified atom stereocenters. The molecule has 0 saturated carbocycles. The first kappa shape index (κ1) is 23.4. The molecule has 9 nitrogen and oxygen atoms in total. The van der Waals surface area contributed by atoms with Gasteiger partial charge in [-0.2, -0.15) is 5.10 Å². The van der Waals surface area contributed by atoms with Crippen LogP contribution in [-0.4, -0.2) is 45.2 Å². The van der Waals surface area contributed by atoms with Crippen LogP contribution in [0, 0.1) is 0 Å². The molecule has 176 valence electrons. The van der Waals surface area contributed by atoms with Gasteiger partial charge in [0.1, 0.15) is 22.0 Å². The minimum atomic E-state index is -0.495. The number of H-pyrrole nitrogens is 1. The zero-order chi connectivity index (χ0) is 24.4. The van der Waals surface area contributed by atoms with Crippen LogP contribution < -0.4 is 10.3 Å². The highest BCUT2D eigenvalue weighted by Gasteiger charge is 2.21. The maximum atomic E-state index is 13.2. The first-order chi connectivity index (χ1) is 16.4. The molecule has 3 aromatic heterocycles. The van der Waals surface area contributed by atoms with E-state index >= 15 is 0 Å². The highest BCUT2D eigenvalue weighted by Crippen LogP contribution is 2.31. The fourth-order valence-corrected chi connectivity index (χ4v) is 4.62. The average Bonchev–Trinajstić information content (AvgIpc) is 3.44. The number of esters is 1. The van der Waals surface area contributed by atoms with Crippen molar-refractivity contribution in [1.82, 2.24) is 19.7 Å². The van der Waals surface area contributed by atoms with Gasteiger partial charge in [0.25, 0.3) is 5.56 Å². The van der Waals surface area contributed by atoms with Gasteiger partial charge in [-0.25, -0.2) is 9.78 Å². The summed E-state index contributed by atoms with van der Waals surface area (Å²) in [5.74, 6) is 0.0260. The van der Waals surface area contributed by atoms with E-state index in [9.17, 15) is 14.4 Å². The van der Waals surface area contributed by atoms with Crippen LogP contribution >= 0.6 is 11.3 Å². The zero-order valence-corrected chi connectivity index (χ0v) is 20.1. The Labute approximate surface area is 199 Å². The Morgan fingerprint density at radius 1 is 1.15 bits per heavy atom. The maximum absolute atomic E-state index is 13.2. The average molecular weight is 481 g/mol. The number of ether oxygens (including phenoxy) is 2. The third-order valence-electron chi connectivity index (χ3n) is 5.26. The van der Waals surface area contributed by atoms with Crippen LogP contribution in [0.25, 0.3) is 22.4 Å². The van der Waals surface area contributed by atoms with Crippen molar-refractivity contribution in [1.29, 1.82) is 0 Å². The number of benzene rings is 1. The van der Waals surface area contributed by atoms with Crippen molar-refractivity contribution in [2.24, 2.45) is 7.05 Å². The van der Waals surface area contributed by atoms with E-state index in [1.165, 1.54) is 11.8 Å². The highest BCUT2D eigenvalue weighted by molar-refractivity contribution is 7.16. The number of aryl methyl sites for hydroxylation is 2. The molecular weight excluding hydrogens is 456 g/mol. The number of ketones is 1. The molecule has 0 spiro atoms.